The molecule has 3 N–H and O–H groups in total. The van der Waals surface area contributed by atoms with Gasteiger partial charge in [0.05, 0.1) is 10.5 Å². The van der Waals surface area contributed by atoms with Gasteiger partial charge in [-0.2, -0.15) is 0 Å². The van der Waals surface area contributed by atoms with E-state index in [0.29, 0.717) is 12.1 Å². The van der Waals surface area contributed by atoms with Crippen LogP contribution < -0.4 is 10.5 Å². The lowest BCUT2D eigenvalue weighted by molar-refractivity contribution is -0.125. The van der Waals surface area contributed by atoms with Gasteiger partial charge in [-0.3, -0.25) is 9.52 Å². The number of nitrogens with two attached hydrogens (primary N) is 1. The van der Waals surface area contributed by atoms with E-state index in [2.05, 4.69) is 4.72 Å². The van der Waals surface area contributed by atoms with E-state index >= 15 is 0 Å². The summed E-state index contributed by atoms with van der Waals surface area (Å²) in [6.07, 6.45) is -1.16. The van der Waals surface area contributed by atoms with Crippen molar-refractivity contribution in [1.82, 2.24) is 0 Å². The molecule has 0 aromatic heterocycles. The predicted octanol–water partition coefficient (Wildman–Crippen LogP) is 1.80. The van der Waals surface area contributed by atoms with Crippen molar-refractivity contribution < 1.29 is 31.5 Å². The maximum absolute atomic E-state index is 13.2. The summed E-state index contributed by atoms with van der Waals surface area (Å²) in [6, 6.07) is 7.32. The van der Waals surface area contributed by atoms with Crippen LogP contribution in [0, 0.1) is 11.6 Å². The Morgan fingerprint density at radius 3 is 2.42 bits per heavy atom. The largest absolute Gasteiger partial charge is 0.449 e. The van der Waals surface area contributed by atoms with Crippen LogP contribution in [-0.4, -0.2) is 26.4 Å². The first kappa shape index (κ1) is 19.3. The number of benzene rings is 2. The summed E-state index contributed by atoms with van der Waals surface area (Å²) >= 11 is 0. The van der Waals surface area contributed by atoms with Gasteiger partial charge in [0, 0.05) is 5.69 Å². The number of carbonyl (C=O) groups is 2. The molecule has 0 radical (unpaired) electrons. The molecule has 0 aliphatic heterocycles. The normalized spacial score (nSPS) is 12.3. The Hall–Kier alpha value is -3.01. The Bertz CT molecular complexity index is 963. The summed E-state index contributed by atoms with van der Waals surface area (Å²) < 4.78 is 57.6. The summed E-state index contributed by atoms with van der Waals surface area (Å²) in [7, 11) is -4.21. The van der Waals surface area contributed by atoms with Gasteiger partial charge in [-0.15, -0.1) is 0 Å². The highest BCUT2D eigenvalue weighted by molar-refractivity contribution is 7.92. The van der Waals surface area contributed by atoms with Crippen molar-refractivity contribution in [2.24, 2.45) is 5.73 Å². The molecule has 0 fully saturated rings. The number of nitrogens with one attached hydrogen (secondary N) is 1. The standard InChI is InChI=1S/C16H14F2N2O5S/c1-9(15(19)21)25-16(22)10-3-2-4-11(7-10)20-26(23,24)12-5-6-13(17)14(18)8-12/h2-9,20H,1H3,(H2,19,21). The third kappa shape index (κ3) is 4.54. The van der Waals surface area contributed by atoms with Crippen LogP contribution in [0.15, 0.2) is 47.4 Å². The zero-order chi connectivity index (χ0) is 19.5. The number of hydrogen-bond acceptors (Lipinski definition) is 5. The molecule has 26 heavy (non-hydrogen) atoms. The van der Waals surface area contributed by atoms with Gasteiger partial charge in [0.15, 0.2) is 17.7 Å². The van der Waals surface area contributed by atoms with Crippen molar-refractivity contribution in [3.05, 3.63) is 59.7 Å². The Labute approximate surface area is 147 Å². The number of esters is 1. The van der Waals surface area contributed by atoms with Crippen LogP contribution in [-0.2, 0) is 19.6 Å². The van der Waals surface area contributed by atoms with Crippen molar-refractivity contribution in [3.8, 4) is 0 Å². The van der Waals surface area contributed by atoms with E-state index < -0.39 is 44.5 Å². The number of amides is 1. The lowest BCUT2D eigenvalue weighted by Gasteiger charge is -2.11. The van der Waals surface area contributed by atoms with Crippen LogP contribution in [0.1, 0.15) is 17.3 Å². The lowest BCUT2D eigenvalue weighted by atomic mass is 10.2. The van der Waals surface area contributed by atoms with E-state index in [-0.39, 0.29) is 11.3 Å². The molecule has 0 aliphatic rings. The van der Waals surface area contributed by atoms with Crippen molar-refractivity contribution in [3.63, 3.8) is 0 Å². The minimum Gasteiger partial charge on any atom is -0.449 e. The van der Waals surface area contributed by atoms with Crippen molar-refractivity contribution in [2.45, 2.75) is 17.9 Å². The average Bonchev–Trinajstić information content (AvgIpc) is 2.56. The summed E-state index contributed by atoms with van der Waals surface area (Å²) in [5, 5.41) is 0. The van der Waals surface area contributed by atoms with E-state index in [0.717, 1.165) is 12.1 Å². The molecule has 0 saturated carbocycles. The summed E-state index contributed by atoms with van der Waals surface area (Å²) in [5.41, 5.74) is 4.94. The smallest absolute Gasteiger partial charge is 0.338 e. The molecule has 1 unspecified atom stereocenters. The van der Waals surface area contributed by atoms with Crippen LogP contribution in [0.5, 0.6) is 0 Å². The second-order valence-corrected chi connectivity index (χ2v) is 6.89. The first-order chi connectivity index (χ1) is 12.1. The molecule has 0 spiro atoms. The lowest BCUT2D eigenvalue weighted by Crippen LogP contribution is -2.30. The van der Waals surface area contributed by atoms with Gasteiger partial charge in [-0.1, -0.05) is 6.07 Å². The molecule has 2 aromatic rings. The molecular formula is C16H14F2N2O5S. The molecule has 7 nitrogen and oxygen atoms in total. The summed E-state index contributed by atoms with van der Waals surface area (Å²) in [5.74, 6) is -4.22. The molecule has 2 rings (SSSR count). The number of primary amides is 1. The van der Waals surface area contributed by atoms with Crippen LogP contribution >= 0.6 is 0 Å². The minimum atomic E-state index is -4.21. The van der Waals surface area contributed by atoms with Gasteiger partial charge in [-0.05, 0) is 43.3 Å². The maximum Gasteiger partial charge on any atom is 0.338 e. The second-order valence-electron chi connectivity index (χ2n) is 5.21. The quantitative estimate of drug-likeness (QED) is 0.737. The highest BCUT2D eigenvalue weighted by atomic mass is 32.2. The number of halogens is 2. The third-order valence-corrected chi connectivity index (χ3v) is 4.62. The van der Waals surface area contributed by atoms with Crippen LogP contribution in [0.25, 0.3) is 0 Å². The first-order valence-corrected chi connectivity index (χ1v) is 8.66. The molecule has 2 aromatic carbocycles. The van der Waals surface area contributed by atoms with Crippen molar-refractivity contribution in [2.75, 3.05) is 4.72 Å². The van der Waals surface area contributed by atoms with Crippen LogP contribution in [0.2, 0.25) is 0 Å². The number of sulfonamides is 1. The van der Waals surface area contributed by atoms with Gasteiger partial charge in [0.25, 0.3) is 15.9 Å². The predicted molar refractivity (Wildman–Crippen MR) is 87.7 cm³/mol. The SMILES string of the molecule is CC(OC(=O)c1cccc(NS(=O)(=O)c2ccc(F)c(F)c2)c1)C(N)=O. The third-order valence-electron chi connectivity index (χ3n) is 3.24. The van der Waals surface area contributed by atoms with Gasteiger partial charge in [0.1, 0.15) is 0 Å². The Balaban J connectivity index is 2.23. The topological polar surface area (TPSA) is 116 Å². The van der Waals surface area contributed by atoms with E-state index in [4.69, 9.17) is 10.5 Å². The number of ether oxygens (including phenoxy) is 1. The van der Waals surface area contributed by atoms with Crippen LogP contribution in [0.4, 0.5) is 14.5 Å². The van der Waals surface area contributed by atoms with E-state index in [1.54, 1.807) is 0 Å². The molecular weight excluding hydrogens is 370 g/mol. The number of anilines is 1. The summed E-state index contributed by atoms with van der Waals surface area (Å²) in [4.78, 5) is 22.4. The van der Waals surface area contributed by atoms with E-state index in [1.807, 2.05) is 0 Å². The molecule has 138 valence electrons. The molecule has 0 bridgehead atoms. The first-order valence-electron chi connectivity index (χ1n) is 7.18. The molecule has 1 atom stereocenters. The van der Waals surface area contributed by atoms with Crippen molar-refractivity contribution >= 4 is 27.6 Å². The van der Waals surface area contributed by atoms with Gasteiger partial charge < -0.3 is 10.5 Å². The monoisotopic (exact) mass is 384 g/mol. The summed E-state index contributed by atoms with van der Waals surface area (Å²) in [6.45, 7) is 1.29. The highest BCUT2D eigenvalue weighted by Gasteiger charge is 2.19. The molecule has 10 heteroatoms. The van der Waals surface area contributed by atoms with E-state index in [1.165, 1.54) is 25.1 Å². The fraction of sp³-hybridized carbons (Fsp3) is 0.125. The molecule has 0 saturated heterocycles. The number of carbonyl (C=O) groups excluding carboxylic acids is 2. The van der Waals surface area contributed by atoms with Crippen LogP contribution in [0.3, 0.4) is 0 Å². The maximum atomic E-state index is 13.2. The fourth-order valence-corrected chi connectivity index (χ4v) is 2.92. The van der Waals surface area contributed by atoms with Gasteiger partial charge in [0.2, 0.25) is 0 Å². The molecule has 0 heterocycles. The van der Waals surface area contributed by atoms with E-state index in [9.17, 15) is 26.8 Å². The Morgan fingerprint density at radius 2 is 1.81 bits per heavy atom. The molecule has 1 amide bonds. The van der Waals surface area contributed by atoms with Crippen molar-refractivity contribution in [1.29, 1.82) is 0 Å². The minimum absolute atomic E-state index is 0.0177. The number of hydrogen-bond donors (Lipinski definition) is 2. The average molecular weight is 384 g/mol. The zero-order valence-corrected chi connectivity index (χ0v) is 14.2. The molecule has 0 aliphatic carbocycles. The number of rotatable bonds is 6. The zero-order valence-electron chi connectivity index (χ0n) is 13.4. The Morgan fingerprint density at radius 1 is 1.12 bits per heavy atom. The van der Waals surface area contributed by atoms with Gasteiger partial charge >= 0.3 is 5.97 Å². The van der Waals surface area contributed by atoms with Gasteiger partial charge in [-0.25, -0.2) is 22.0 Å². The highest BCUT2D eigenvalue weighted by Crippen LogP contribution is 2.19. The Kier molecular flexibility index (Phi) is 5.56. The second kappa shape index (κ2) is 7.48. The fourth-order valence-electron chi connectivity index (χ4n) is 1.85.